The number of halogens is 2. The van der Waals surface area contributed by atoms with Crippen molar-refractivity contribution in [3.05, 3.63) is 35.9 Å². The number of amides is 1. The Bertz CT molecular complexity index is 483. The maximum absolute atomic E-state index is 12.4. The van der Waals surface area contributed by atoms with Gasteiger partial charge in [0.05, 0.1) is 0 Å². The van der Waals surface area contributed by atoms with Gasteiger partial charge >= 0.3 is 12.4 Å². The van der Waals surface area contributed by atoms with Gasteiger partial charge < -0.3 is 10.1 Å². The monoisotopic (exact) mass is 299 g/mol. The molecule has 0 spiro atoms. The first kappa shape index (κ1) is 17.1. The molecule has 21 heavy (non-hydrogen) atoms. The van der Waals surface area contributed by atoms with Crippen molar-refractivity contribution in [2.75, 3.05) is 0 Å². The highest BCUT2D eigenvalue weighted by Gasteiger charge is 2.29. The van der Waals surface area contributed by atoms with Crippen LogP contribution in [0.25, 0.3) is 0 Å². The predicted octanol–water partition coefficient (Wildman–Crippen LogP) is 2.32. The molecule has 0 bridgehead atoms. The van der Waals surface area contributed by atoms with Gasteiger partial charge in [-0.15, -0.1) is 0 Å². The van der Waals surface area contributed by atoms with Crippen LogP contribution in [0.3, 0.4) is 0 Å². The normalized spacial score (nSPS) is 12.9. The topological polar surface area (TPSA) is 55.4 Å². The van der Waals surface area contributed by atoms with Gasteiger partial charge in [-0.05, 0) is 26.3 Å². The molecule has 1 rings (SSSR count). The van der Waals surface area contributed by atoms with Gasteiger partial charge in [-0.25, -0.2) is 4.79 Å². The molecule has 1 amide bonds. The van der Waals surface area contributed by atoms with Crippen LogP contribution >= 0.6 is 0 Å². The van der Waals surface area contributed by atoms with Crippen molar-refractivity contribution in [1.82, 2.24) is 5.32 Å². The predicted molar refractivity (Wildman–Crippen MR) is 73.9 cm³/mol. The van der Waals surface area contributed by atoms with E-state index in [0.717, 1.165) is 5.56 Å². The van der Waals surface area contributed by atoms with Crippen LogP contribution < -0.4 is 5.32 Å². The number of ether oxygens (including phenoxy) is 1. The molecule has 0 heterocycles. The van der Waals surface area contributed by atoms with Crippen LogP contribution in [0.15, 0.2) is 30.3 Å². The zero-order valence-electron chi connectivity index (χ0n) is 12.2. The molecule has 1 atom stereocenters. The molecule has 0 unspecified atom stereocenters. The van der Waals surface area contributed by atoms with Gasteiger partial charge in [0.15, 0.2) is 0 Å². The molecule has 6 heteroatoms. The lowest BCUT2D eigenvalue weighted by Gasteiger charge is -2.24. The number of alkyl halides is 2. The number of rotatable bonds is 5. The summed E-state index contributed by atoms with van der Waals surface area (Å²) in [7, 11) is 0. The Balaban J connectivity index is 2.84. The lowest BCUT2D eigenvalue weighted by Crippen LogP contribution is -2.47. The smallest absolute Gasteiger partial charge is 0.329 e. The number of carbonyl (C=O) groups is 2. The fourth-order valence-corrected chi connectivity index (χ4v) is 1.65. The quantitative estimate of drug-likeness (QED) is 0.849. The summed E-state index contributed by atoms with van der Waals surface area (Å²) < 4.78 is 29.9. The third-order valence-electron chi connectivity index (χ3n) is 2.49. The Kier molecular flexibility index (Phi) is 5.81. The summed E-state index contributed by atoms with van der Waals surface area (Å²) in [6, 6.07) is 7.65. The van der Waals surface area contributed by atoms with Crippen molar-refractivity contribution in [3.63, 3.8) is 0 Å². The van der Waals surface area contributed by atoms with E-state index >= 15 is 0 Å². The van der Waals surface area contributed by atoms with E-state index in [4.69, 9.17) is 4.74 Å². The first-order valence-corrected chi connectivity index (χ1v) is 6.54. The third-order valence-corrected chi connectivity index (χ3v) is 2.49. The molecule has 4 nitrogen and oxygen atoms in total. The summed E-state index contributed by atoms with van der Waals surface area (Å²) in [5.41, 5.74) is -0.0235. The molecular weight excluding hydrogens is 280 g/mol. The van der Waals surface area contributed by atoms with Gasteiger partial charge in [-0.2, -0.15) is 8.78 Å². The second kappa shape index (κ2) is 7.15. The zero-order chi connectivity index (χ0) is 16.0. The summed E-state index contributed by atoms with van der Waals surface area (Å²) in [4.78, 5) is 23.2. The Morgan fingerprint density at radius 3 is 2.24 bits per heavy atom. The molecule has 1 N–H and O–H groups in total. The molecule has 0 aliphatic carbocycles. The second-order valence-electron chi connectivity index (χ2n) is 5.59. The van der Waals surface area contributed by atoms with Gasteiger partial charge in [-0.3, -0.25) is 4.79 Å². The Morgan fingerprint density at radius 1 is 1.19 bits per heavy atom. The van der Waals surface area contributed by atoms with Crippen LogP contribution in [-0.2, 0) is 20.7 Å². The standard InChI is InChI=1S/C15H19F2NO3/c1-15(2,3)21-14(20)11(18-13(19)12(16)17)9-10-7-5-4-6-8-10/h4-8,11-12H,9H2,1-3H3,(H,18,19)/t11-/m0/s1. The van der Waals surface area contributed by atoms with Crippen molar-refractivity contribution < 1.29 is 23.1 Å². The van der Waals surface area contributed by atoms with Crippen molar-refractivity contribution in [3.8, 4) is 0 Å². The molecule has 116 valence electrons. The summed E-state index contributed by atoms with van der Waals surface area (Å²) >= 11 is 0. The average molecular weight is 299 g/mol. The van der Waals surface area contributed by atoms with Crippen molar-refractivity contribution in [1.29, 1.82) is 0 Å². The van der Waals surface area contributed by atoms with E-state index in [0.29, 0.717) is 0 Å². The number of hydrogen-bond donors (Lipinski definition) is 1. The molecule has 0 radical (unpaired) electrons. The molecule has 1 aromatic carbocycles. The van der Waals surface area contributed by atoms with Crippen molar-refractivity contribution >= 4 is 11.9 Å². The molecule has 0 saturated carbocycles. The second-order valence-corrected chi connectivity index (χ2v) is 5.59. The largest absolute Gasteiger partial charge is 0.458 e. The van der Waals surface area contributed by atoms with E-state index in [1.54, 1.807) is 51.1 Å². The first-order chi connectivity index (χ1) is 9.69. The van der Waals surface area contributed by atoms with E-state index in [2.05, 4.69) is 0 Å². The number of esters is 1. The minimum atomic E-state index is -3.18. The maximum atomic E-state index is 12.4. The molecule has 0 fully saturated rings. The van der Waals surface area contributed by atoms with Gasteiger partial charge in [0.2, 0.25) is 0 Å². The van der Waals surface area contributed by atoms with E-state index in [-0.39, 0.29) is 6.42 Å². The lowest BCUT2D eigenvalue weighted by atomic mass is 10.1. The van der Waals surface area contributed by atoms with Gasteiger partial charge in [0.1, 0.15) is 11.6 Å². The van der Waals surface area contributed by atoms with Crippen LogP contribution in [-0.4, -0.2) is 29.9 Å². The molecular formula is C15H19F2NO3. The number of hydrogen-bond acceptors (Lipinski definition) is 3. The molecule has 0 aromatic heterocycles. The molecule has 1 aromatic rings. The van der Waals surface area contributed by atoms with Crippen molar-refractivity contribution in [2.45, 2.75) is 45.3 Å². The summed E-state index contributed by atoms with van der Waals surface area (Å²) in [5, 5.41) is 2.02. The van der Waals surface area contributed by atoms with E-state index < -0.39 is 29.9 Å². The first-order valence-electron chi connectivity index (χ1n) is 6.54. The molecule has 0 aliphatic rings. The van der Waals surface area contributed by atoms with Gasteiger partial charge in [-0.1, -0.05) is 30.3 Å². The fourth-order valence-electron chi connectivity index (χ4n) is 1.65. The number of benzene rings is 1. The third kappa shape index (κ3) is 6.33. The Hall–Kier alpha value is -1.98. The van der Waals surface area contributed by atoms with Crippen LogP contribution in [0.1, 0.15) is 26.3 Å². The summed E-state index contributed by atoms with van der Waals surface area (Å²) in [6.45, 7) is 5.00. The minimum Gasteiger partial charge on any atom is -0.458 e. The van der Waals surface area contributed by atoms with Crippen LogP contribution in [0.5, 0.6) is 0 Å². The lowest BCUT2D eigenvalue weighted by molar-refractivity contribution is -0.159. The van der Waals surface area contributed by atoms with E-state index in [9.17, 15) is 18.4 Å². The fraction of sp³-hybridized carbons (Fsp3) is 0.467. The Morgan fingerprint density at radius 2 is 1.76 bits per heavy atom. The number of nitrogens with one attached hydrogen (secondary N) is 1. The Labute approximate surface area is 122 Å². The van der Waals surface area contributed by atoms with Gasteiger partial charge in [0.25, 0.3) is 5.91 Å². The highest BCUT2D eigenvalue weighted by molar-refractivity contribution is 5.86. The molecule has 0 saturated heterocycles. The summed E-state index contributed by atoms with van der Waals surface area (Å²) in [5.74, 6) is -2.22. The van der Waals surface area contributed by atoms with E-state index in [1.165, 1.54) is 0 Å². The molecule has 0 aliphatic heterocycles. The SMILES string of the molecule is CC(C)(C)OC(=O)[C@H](Cc1ccccc1)NC(=O)C(F)F. The highest BCUT2D eigenvalue weighted by Crippen LogP contribution is 2.12. The average Bonchev–Trinajstić information content (AvgIpc) is 2.36. The van der Waals surface area contributed by atoms with Crippen LogP contribution in [0, 0.1) is 0 Å². The summed E-state index contributed by atoms with van der Waals surface area (Å²) in [6.07, 6.45) is -3.08. The minimum absolute atomic E-state index is 0.0915. The maximum Gasteiger partial charge on any atom is 0.329 e. The van der Waals surface area contributed by atoms with Crippen LogP contribution in [0.4, 0.5) is 8.78 Å². The van der Waals surface area contributed by atoms with E-state index in [1.807, 2.05) is 5.32 Å². The van der Waals surface area contributed by atoms with Crippen LogP contribution in [0.2, 0.25) is 0 Å². The number of carbonyl (C=O) groups excluding carboxylic acids is 2. The van der Waals surface area contributed by atoms with Crippen molar-refractivity contribution in [2.24, 2.45) is 0 Å². The van der Waals surface area contributed by atoms with Gasteiger partial charge in [0, 0.05) is 6.42 Å². The highest BCUT2D eigenvalue weighted by atomic mass is 19.3. The zero-order valence-corrected chi connectivity index (χ0v) is 12.2.